The molecule has 0 aliphatic rings. The molecular formula is C17H20N2O2. The van der Waals surface area contributed by atoms with E-state index in [-0.39, 0.29) is 12.5 Å². The Hall–Kier alpha value is -2.17. The molecule has 0 saturated carbocycles. The van der Waals surface area contributed by atoms with E-state index in [4.69, 9.17) is 5.73 Å². The van der Waals surface area contributed by atoms with Gasteiger partial charge in [0.2, 0.25) is 0 Å². The molecule has 2 rings (SSSR count). The van der Waals surface area contributed by atoms with Gasteiger partial charge >= 0.3 is 0 Å². The van der Waals surface area contributed by atoms with Crippen LogP contribution in [0.4, 0.5) is 0 Å². The summed E-state index contributed by atoms with van der Waals surface area (Å²) < 4.78 is 0. The highest BCUT2D eigenvalue weighted by Crippen LogP contribution is 2.13. The second-order valence-electron chi connectivity index (χ2n) is 4.86. The lowest BCUT2D eigenvalue weighted by Gasteiger charge is -2.17. The van der Waals surface area contributed by atoms with Crippen molar-refractivity contribution in [3.63, 3.8) is 0 Å². The molecular weight excluding hydrogens is 264 g/mol. The number of aliphatic hydroxyl groups excluding tert-OH is 1. The maximum atomic E-state index is 12.3. The van der Waals surface area contributed by atoms with Crippen molar-refractivity contribution in [1.82, 2.24) is 5.32 Å². The zero-order valence-corrected chi connectivity index (χ0v) is 11.8. The SMILES string of the molecule is NCCc1cccc(C(=O)N[C@@H](CO)c2ccccc2)c1. The zero-order valence-electron chi connectivity index (χ0n) is 11.8. The van der Waals surface area contributed by atoms with Gasteiger partial charge in [-0.1, -0.05) is 42.5 Å². The lowest BCUT2D eigenvalue weighted by molar-refractivity contribution is 0.0916. The Labute approximate surface area is 124 Å². The molecule has 4 nitrogen and oxygen atoms in total. The van der Waals surface area contributed by atoms with Crippen LogP contribution in [-0.2, 0) is 6.42 Å². The fourth-order valence-electron chi connectivity index (χ4n) is 2.20. The highest BCUT2D eigenvalue weighted by Gasteiger charge is 2.14. The normalized spacial score (nSPS) is 11.9. The van der Waals surface area contributed by atoms with Crippen molar-refractivity contribution in [3.8, 4) is 0 Å². The van der Waals surface area contributed by atoms with Crippen molar-refractivity contribution in [2.75, 3.05) is 13.2 Å². The predicted octanol–water partition coefficient (Wildman–Crippen LogP) is 1.65. The van der Waals surface area contributed by atoms with Crippen molar-refractivity contribution in [2.24, 2.45) is 5.73 Å². The Balaban J connectivity index is 2.11. The first kappa shape index (κ1) is 15.2. The summed E-state index contributed by atoms with van der Waals surface area (Å²) >= 11 is 0. The van der Waals surface area contributed by atoms with Crippen LogP contribution in [0.5, 0.6) is 0 Å². The number of carbonyl (C=O) groups is 1. The fraction of sp³-hybridized carbons (Fsp3) is 0.235. The van der Waals surface area contributed by atoms with E-state index in [1.165, 1.54) is 0 Å². The van der Waals surface area contributed by atoms with Crippen LogP contribution in [0, 0.1) is 0 Å². The summed E-state index contributed by atoms with van der Waals surface area (Å²) in [5, 5.41) is 12.3. The fourth-order valence-corrected chi connectivity index (χ4v) is 2.20. The van der Waals surface area contributed by atoms with Crippen LogP contribution in [0.15, 0.2) is 54.6 Å². The van der Waals surface area contributed by atoms with Gasteiger partial charge in [-0.3, -0.25) is 4.79 Å². The Morgan fingerprint density at radius 3 is 2.57 bits per heavy atom. The van der Waals surface area contributed by atoms with Gasteiger partial charge in [0.25, 0.3) is 5.91 Å². The van der Waals surface area contributed by atoms with Crippen LogP contribution in [-0.4, -0.2) is 24.2 Å². The van der Waals surface area contributed by atoms with Crippen molar-refractivity contribution in [3.05, 3.63) is 71.3 Å². The predicted molar refractivity (Wildman–Crippen MR) is 82.9 cm³/mol. The zero-order chi connectivity index (χ0) is 15.1. The monoisotopic (exact) mass is 284 g/mol. The van der Waals surface area contributed by atoms with Gasteiger partial charge in [0.05, 0.1) is 12.6 Å². The van der Waals surface area contributed by atoms with Gasteiger partial charge in [-0.25, -0.2) is 0 Å². The van der Waals surface area contributed by atoms with Gasteiger partial charge in [0.1, 0.15) is 0 Å². The first-order valence-electron chi connectivity index (χ1n) is 7.00. The van der Waals surface area contributed by atoms with Gasteiger partial charge in [0, 0.05) is 5.56 Å². The van der Waals surface area contributed by atoms with E-state index in [9.17, 15) is 9.90 Å². The van der Waals surface area contributed by atoms with Crippen LogP contribution in [0.2, 0.25) is 0 Å². The first-order valence-corrected chi connectivity index (χ1v) is 7.00. The lowest BCUT2D eigenvalue weighted by Crippen LogP contribution is -2.30. The molecule has 0 heterocycles. The molecule has 0 radical (unpaired) electrons. The van der Waals surface area contributed by atoms with E-state index < -0.39 is 6.04 Å². The third kappa shape index (κ3) is 4.15. The van der Waals surface area contributed by atoms with Gasteiger partial charge in [-0.2, -0.15) is 0 Å². The van der Waals surface area contributed by atoms with E-state index in [1.807, 2.05) is 48.5 Å². The molecule has 4 heteroatoms. The molecule has 0 bridgehead atoms. The van der Waals surface area contributed by atoms with E-state index in [1.54, 1.807) is 6.07 Å². The summed E-state index contributed by atoms with van der Waals surface area (Å²) in [6.45, 7) is 0.409. The minimum Gasteiger partial charge on any atom is -0.394 e. The lowest BCUT2D eigenvalue weighted by atomic mass is 10.1. The third-order valence-electron chi connectivity index (χ3n) is 3.31. The van der Waals surface area contributed by atoms with Crippen molar-refractivity contribution in [2.45, 2.75) is 12.5 Å². The molecule has 0 unspecified atom stereocenters. The van der Waals surface area contributed by atoms with Gasteiger partial charge < -0.3 is 16.2 Å². The third-order valence-corrected chi connectivity index (χ3v) is 3.31. The van der Waals surface area contributed by atoms with Gasteiger partial charge in [-0.15, -0.1) is 0 Å². The molecule has 2 aromatic carbocycles. The number of amides is 1. The highest BCUT2D eigenvalue weighted by atomic mass is 16.3. The number of aliphatic hydroxyl groups is 1. The number of hydrogen-bond donors (Lipinski definition) is 3. The van der Waals surface area contributed by atoms with Gasteiger partial charge in [0.15, 0.2) is 0 Å². The average molecular weight is 284 g/mol. The topological polar surface area (TPSA) is 75.4 Å². The van der Waals surface area contributed by atoms with E-state index in [0.717, 1.165) is 17.5 Å². The number of hydrogen-bond acceptors (Lipinski definition) is 3. The molecule has 0 spiro atoms. The Kier molecular flexibility index (Phi) is 5.49. The summed E-state index contributed by atoms with van der Waals surface area (Å²) in [6, 6.07) is 16.4. The van der Waals surface area contributed by atoms with E-state index in [2.05, 4.69) is 5.32 Å². The Morgan fingerprint density at radius 2 is 1.90 bits per heavy atom. The molecule has 1 amide bonds. The molecule has 0 aliphatic heterocycles. The summed E-state index contributed by atoms with van der Waals surface area (Å²) in [7, 11) is 0. The molecule has 110 valence electrons. The van der Waals surface area contributed by atoms with Crippen LogP contribution in [0.25, 0.3) is 0 Å². The Bertz CT molecular complexity index is 584. The van der Waals surface area contributed by atoms with Crippen molar-refractivity contribution in [1.29, 1.82) is 0 Å². The molecule has 21 heavy (non-hydrogen) atoms. The molecule has 2 aromatic rings. The maximum Gasteiger partial charge on any atom is 0.251 e. The number of rotatable bonds is 6. The van der Waals surface area contributed by atoms with Crippen LogP contribution in [0.3, 0.4) is 0 Å². The number of carbonyl (C=O) groups excluding carboxylic acids is 1. The molecule has 4 N–H and O–H groups in total. The summed E-state index contributed by atoms with van der Waals surface area (Å²) in [5.74, 6) is -0.197. The number of benzene rings is 2. The first-order chi connectivity index (χ1) is 10.2. The maximum absolute atomic E-state index is 12.3. The minimum atomic E-state index is -0.406. The molecule has 0 saturated heterocycles. The summed E-state index contributed by atoms with van der Waals surface area (Å²) in [5.41, 5.74) is 8.02. The standard InChI is InChI=1S/C17H20N2O2/c18-10-9-13-5-4-8-15(11-13)17(21)19-16(12-20)14-6-2-1-3-7-14/h1-8,11,16,20H,9-10,12,18H2,(H,19,21)/t16-/m0/s1. The van der Waals surface area contributed by atoms with Crippen molar-refractivity contribution < 1.29 is 9.90 Å². The smallest absolute Gasteiger partial charge is 0.251 e. The largest absolute Gasteiger partial charge is 0.394 e. The average Bonchev–Trinajstić information content (AvgIpc) is 2.54. The van der Waals surface area contributed by atoms with Crippen LogP contribution in [0.1, 0.15) is 27.5 Å². The van der Waals surface area contributed by atoms with Gasteiger partial charge in [-0.05, 0) is 36.2 Å². The second kappa shape index (κ2) is 7.57. The minimum absolute atomic E-state index is 0.141. The Morgan fingerprint density at radius 1 is 1.14 bits per heavy atom. The highest BCUT2D eigenvalue weighted by molar-refractivity contribution is 5.94. The molecule has 1 atom stereocenters. The second-order valence-corrected chi connectivity index (χ2v) is 4.86. The summed E-state index contributed by atoms with van der Waals surface area (Å²) in [6.07, 6.45) is 0.739. The number of nitrogens with one attached hydrogen (secondary N) is 1. The van der Waals surface area contributed by atoms with Crippen LogP contribution >= 0.6 is 0 Å². The van der Waals surface area contributed by atoms with Crippen LogP contribution < -0.4 is 11.1 Å². The summed E-state index contributed by atoms with van der Waals surface area (Å²) in [4.78, 5) is 12.3. The van der Waals surface area contributed by atoms with E-state index >= 15 is 0 Å². The number of nitrogens with two attached hydrogens (primary N) is 1. The van der Waals surface area contributed by atoms with Crippen molar-refractivity contribution >= 4 is 5.91 Å². The quantitative estimate of drug-likeness (QED) is 0.755. The molecule has 0 aliphatic carbocycles. The van der Waals surface area contributed by atoms with E-state index in [0.29, 0.717) is 12.1 Å². The molecule has 0 fully saturated rings. The molecule has 0 aromatic heterocycles.